The summed E-state index contributed by atoms with van der Waals surface area (Å²) in [6.45, 7) is 4.47. The average molecular weight is 376 g/mol. The molecule has 1 aromatic rings. The van der Waals surface area contributed by atoms with E-state index in [1.807, 2.05) is 13.8 Å². The summed E-state index contributed by atoms with van der Waals surface area (Å²) in [6.07, 6.45) is 0. The van der Waals surface area contributed by atoms with Crippen LogP contribution in [0.2, 0.25) is 0 Å². The second-order valence-corrected chi connectivity index (χ2v) is 7.80. The lowest BCUT2D eigenvalue weighted by Gasteiger charge is -2.17. The highest BCUT2D eigenvalue weighted by molar-refractivity contribution is 7.89. The van der Waals surface area contributed by atoms with Crippen molar-refractivity contribution in [1.29, 1.82) is 0 Å². The molecule has 0 aliphatic heterocycles. The maximum Gasteiger partial charge on any atom is 0.242 e. The van der Waals surface area contributed by atoms with Crippen LogP contribution in [0.4, 0.5) is 5.69 Å². The predicted octanol–water partition coefficient (Wildman–Crippen LogP) is 0.931. The van der Waals surface area contributed by atoms with Crippen LogP contribution < -0.4 is 21.5 Å². The molecule has 0 spiro atoms. The van der Waals surface area contributed by atoms with Gasteiger partial charge >= 0.3 is 0 Å². The molecule has 0 atom stereocenters. The summed E-state index contributed by atoms with van der Waals surface area (Å²) < 4.78 is 25.5. The Morgan fingerprint density at radius 2 is 1.78 bits per heavy atom. The zero-order valence-electron chi connectivity index (χ0n) is 13.4. The SMILES string of the molecule is CCNC(=S)NNC(=S)Nc1cc(S(=O)(=O)N(C)C)ccc1C. The molecule has 1 aromatic carbocycles. The van der Waals surface area contributed by atoms with Crippen molar-refractivity contribution < 1.29 is 8.42 Å². The summed E-state index contributed by atoms with van der Waals surface area (Å²) in [6, 6.07) is 4.82. The number of sulfonamides is 1. The molecule has 0 heterocycles. The molecule has 0 radical (unpaired) electrons. The Hall–Kier alpha value is -1.49. The van der Waals surface area contributed by atoms with Gasteiger partial charge in [-0.05, 0) is 56.0 Å². The minimum Gasteiger partial charge on any atom is -0.362 e. The molecule has 0 fully saturated rings. The van der Waals surface area contributed by atoms with Crippen molar-refractivity contribution in [3.63, 3.8) is 0 Å². The maximum atomic E-state index is 12.2. The van der Waals surface area contributed by atoms with Crippen LogP contribution in [0.1, 0.15) is 12.5 Å². The van der Waals surface area contributed by atoms with Gasteiger partial charge in [0.05, 0.1) is 4.90 Å². The largest absolute Gasteiger partial charge is 0.362 e. The van der Waals surface area contributed by atoms with Gasteiger partial charge in [-0.1, -0.05) is 6.07 Å². The van der Waals surface area contributed by atoms with Gasteiger partial charge in [-0.15, -0.1) is 0 Å². The molecule has 4 N–H and O–H groups in total. The predicted molar refractivity (Wildman–Crippen MR) is 101 cm³/mol. The van der Waals surface area contributed by atoms with E-state index in [0.29, 0.717) is 17.3 Å². The Kier molecular flexibility index (Phi) is 7.13. The number of aryl methyl sites for hydroxylation is 1. The van der Waals surface area contributed by atoms with Gasteiger partial charge in [0.15, 0.2) is 10.2 Å². The molecule has 0 aliphatic rings. The molecule has 7 nitrogen and oxygen atoms in total. The summed E-state index contributed by atoms with van der Waals surface area (Å²) in [4.78, 5) is 0.189. The summed E-state index contributed by atoms with van der Waals surface area (Å²) >= 11 is 10.2. The van der Waals surface area contributed by atoms with Gasteiger partial charge in [-0.3, -0.25) is 10.9 Å². The lowest BCUT2D eigenvalue weighted by Crippen LogP contribution is -2.48. The van der Waals surface area contributed by atoms with Gasteiger partial charge in [0, 0.05) is 26.3 Å². The average Bonchev–Trinajstić information content (AvgIpc) is 2.47. The molecule has 10 heteroatoms. The molecule has 23 heavy (non-hydrogen) atoms. The Labute approximate surface area is 147 Å². The van der Waals surface area contributed by atoms with Crippen molar-refractivity contribution in [2.45, 2.75) is 18.7 Å². The number of hydrazine groups is 1. The highest BCUT2D eigenvalue weighted by Crippen LogP contribution is 2.21. The molecule has 128 valence electrons. The van der Waals surface area contributed by atoms with E-state index >= 15 is 0 Å². The molecule has 0 aromatic heterocycles. The van der Waals surface area contributed by atoms with Crippen LogP contribution in [-0.4, -0.2) is 43.6 Å². The van der Waals surface area contributed by atoms with Crippen molar-refractivity contribution in [3.8, 4) is 0 Å². The number of hydrogen-bond acceptors (Lipinski definition) is 4. The van der Waals surface area contributed by atoms with E-state index in [0.717, 1.165) is 9.87 Å². The number of hydrogen-bond donors (Lipinski definition) is 4. The first kappa shape index (κ1) is 19.6. The fourth-order valence-electron chi connectivity index (χ4n) is 1.58. The van der Waals surface area contributed by atoms with Crippen LogP contribution in [0.5, 0.6) is 0 Å². The second kappa shape index (κ2) is 8.39. The summed E-state index contributed by atoms with van der Waals surface area (Å²) in [5.41, 5.74) is 6.92. The molecule has 0 amide bonds. The fourth-order valence-corrected chi connectivity index (χ4v) is 2.86. The smallest absolute Gasteiger partial charge is 0.242 e. The Bertz CT molecular complexity index is 689. The van der Waals surface area contributed by atoms with Gasteiger partial charge in [0.1, 0.15) is 0 Å². The van der Waals surface area contributed by atoms with E-state index in [1.165, 1.54) is 14.1 Å². The number of nitrogens with one attached hydrogen (secondary N) is 4. The normalized spacial score (nSPS) is 11.0. The quantitative estimate of drug-likeness (QED) is 0.457. The third-order valence-corrected chi connectivity index (χ3v) is 5.12. The van der Waals surface area contributed by atoms with E-state index < -0.39 is 10.0 Å². The highest BCUT2D eigenvalue weighted by atomic mass is 32.2. The lowest BCUT2D eigenvalue weighted by molar-refractivity contribution is 0.521. The summed E-state index contributed by atoms with van der Waals surface area (Å²) in [5, 5.41) is 6.53. The molecular weight excluding hydrogens is 354 g/mol. The topological polar surface area (TPSA) is 85.5 Å². The van der Waals surface area contributed by atoms with Crippen molar-refractivity contribution in [3.05, 3.63) is 23.8 Å². The Balaban J connectivity index is 2.85. The third-order valence-electron chi connectivity index (χ3n) is 2.86. The highest BCUT2D eigenvalue weighted by Gasteiger charge is 2.18. The zero-order valence-corrected chi connectivity index (χ0v) is 15.9. The molecule has 0 unspecified atom stereocenters. The van der Waals surface area contributed by atoms with Crippen LogP contribution in [0.25, 0.3) is 0 Å². The Morgan fingerprint density at radius 1 is 1.17 bits per heavy atom. The van der Waals surface area contributed by atoms with Gasteiger partial charge in [-0.25, -0.2) is 12.7 Å². The van der Waals surface area contributed by atoms with Crippen LogP contribution in [0.3, 0.4) is 0 Å². The number of benzene rings is 1. The number of anilines is 1. The fraction of sp³-hybridized carbons (Fsp3) is 0.385. The van der Waals surface area contributed by atoms with Crippen molar-refractivity contribution in [2.24, 2.45) is 0 Å². The number of thiocarbonyl (C=S) groups is 2. The van der Waals surface area contributed by atoms with Crippen LogP contribution in [-0.2, 0) is 10.0 Å². The van der Waals surface area contributed by atoms with E-state index in [9.17, 15) is 8.42 Å². The van der Waals surface area contributed by atoms with E-state index in [-0.39, 0.29) is 10.0 Å². The number of nitrogens with zero attached hydrogens (tertiary/aromatic N) is 1. The molecule has 0 saturated heterocycles. The minimum atomic E-state index is -3.50. The monoisotopic (exact) mass is 375 g/mol. The van der Waals surface area contributed by atoms with Crippen LogP contribution >= 0.6 is 24.4 Å². The second-order valence-electron chi connectivity index (χ2n) is 4.83. The first-order valence-electron chi connectivity index (χ1n) is 6.82. The zero-order chi connectivity index (χ0) is 17.6. The first-order valence-corrected chi connectivity index (χ1v) is 9.08. The first-order chi connectivity index (χ1) is 10.7. The van der Waals surface area contributed by atoms with Crippen molar-refractivity contribution >= 4 is 50.4 Å². The Morgan fingerprint density at radius 3 is 2.35 bits per heavy atom. The number of rotatable bonds is 4. The summed E-state index contributed by atoms with van der Waals surface area (Å²) in [5.74, 6) is 0. The molecule has 0 bridgehead atoms. The maximum absolute atomic E-state index is 12.2. The van der Waals surface area contributed by atoms with Gasteiger partial charge in [0.25, 0.3) is 0 Å². The van der Waals surface area contributed by atoms with Gasteiger partial charge < -0.3 is 10.6 Å². The summed E-state index contributed by atoms with van der Waals surface area (Å²) in [7, 11) is -0.529. The molecular formula is C13H21N5O2S3. The van der Waals surface area contributed by atoms with E-state index in [1.54, 1.807) is 18.2 Å². The van der Waals surface area contributed by atoms with E-state index in [4.69, 9.17) is 24.4 Å². The third kappa shape index (κ3) is 5.57. The van der Waals surface area contributed by atoms with Crippen molar-refractivity contribution in [2.75, 3.05) is 26.0 Å². The van der Waals surface area contributed by atoms with Gasteiger partial charge in [0.2, 0.25) is 10.0 Å². The van der Waals surface area contributed by atoms with E-state index in [2.05, 4.69) is 21.5 Å². The minimum absolute atomic E-state index is 0.189. The van der Waals surface area contributed by atoms with Crippen LogP contribution in [0, 0.1) is 6.92 Å². The van der Waals surface area contributed by atoms with Crippen LogP contribution in [0.15, 0.2) is 23.1 Å². The van der Waals surface area contributed by atoms with Gasteiger partial charge in [-0.2, -0.15) is 0 Å². The molecule has 0 saturated carbocycles. The molecule has 1 rings (SSSR count). The lowest BCUT2D eigenvalue weighted by atomic mass is 10.2. The molecule has 0 aliphatic carbocycles. The standard InChI is InChI=1S/C13H21N5O2S3/c1-5-14-12(21)16-17-13(22)15-11-8-10(7-6-9(11)2)23(19,20)18(3)4/h6-8H,5H2,1-4H3,(H2,14,16,21)(H2,15,17,22). The van der Waals surface area contributed by atoms with Crippen molar-refractivity contribution in [1.82, 2.24) is 20.5 Å².